The maximum Gasteiger partial charge on any atom is 0.270 e. The van der Waals surface area contributed by atoms with Crippen LogP contribution in [0.4, 0.5) is 5.82 Å². The van der Waals surface area contributed by atoms with Gasteiger partial charge in [0.1, 0.15) is 11.5 Å². The Morgan fingerprint density at radius 1 is 1.45 bits per heavy atom. The van der Waals surface area contributed by atoms with Gasteiger partial charge in [-0.15, -0.1) is 0 Å². The Morgan fingerprint density at radius 3 is 2.90 bits per heavy atom. The van der Waals surface area contributed by atoms with Gasteiger partial charge in [-0.1, -0.05) is 31.2 Å². The second kappa shape index (κ2) is 5.09. The molecular formula is C15H18N4O. The number of hydrogen-bond donors (Lipinski definition) is 3. The van der Waals surface area contributed by atoms with Crippen molar-refractivity contribution in [3.05, 3.63) is 36.0 Å². The summed E-state index contributed by atoms with van der Waals surface area (Å²) < 4.78 is 0. The third kappa shape index (κ3) is 2.44. The van der Waals surface area contributed by atoms with Crippen molar-refractivity contribution in [3.8, 4) is 0 Å². The number of nitrogens with two attached hydrogens (primary N) is 1. The molecule has 2 atom stereocenters. The number of pyridine rings is 1. The van der Waals surface area contributed by atoms with Crippen LogP contribution in [0.25, 0.3) is 10.8 Å². The lowest BCUT2D eigenvalue weighted by atomic mass is 10.1. The van der Waals surface area contributed by atoms with Crippen molar-refractivity contribution >= 4 is 22.5 Å². The van der Waals surface area contributed by atoms with E-state index < -0.39 is 0 Å². The van der Waals surface area contributed by atoms with Crippen LogP contribution >= 0.6 is 0 Å². The van der Waals surface area contributed by atoms with Crippen LogP contribution in [0.2, 0.25) is 0 Å². The molecule has 1 saturated carbocycles. The minimum atomic E-state index is -0.147. The van der Waals surface area contributed by atoms with Crippen molar-refractivity contribution in [1.29, 1.82) is 0 Å². The summed E-state index contributed by atoms with van der Waals surface area (Å²) in [6, 6.07) is 9.50. The zero-order valence-electron chi connectivity index (χ0n) is 11.4. The normalized spacial score (nSPS) is 20.7. The van der Waals surface area contributed by atoms with E-state index in [0.717, 1.165) is 23.2 Å². The summed E-state index contributed by atoms with van der Waals surface area (Å²) in [7, 11) is 0. The second-order valence-electron chi connectivity index (χ2n) is 5.40. The van der Waals surface area contributed by atoms with Crippen LogP contribution in [0.5, 0.6) is 0 Å². The van der Waals surface area contributed by atoms with E-state index in [-0.39, 0.29) is 5.91 Å². The van der Waals surface area contributed by atoms with Gasteiger partial charge in [0.15, 0.2) is 0 Å². The molecule has 1 aliphatic rings. The highest BCUT2D eigenvalue weighted by atomic mass is 16.1. The topological polar surface area (TPSA) is 80.0 Å². The van der Waals surface area contributed by atoms with Crippen LogP contribution in [0.1, 0.15) is 23.8 Å². The zero-order valence-corrected chi connectivity index (χ0v) is 11.4. The van der Waals surface area contributed by atoms with E-state index >= 15 is 0 Å². The summed E-state index contributed by atoms with van der Waals surface area (Å²) in [5.74, 6) is 7.21. The number of benzene rings is 1. The summed E-state index contributed by atoms with van der Waals surface area (Å²) >= 11 is 0. The number of amides is 1. The average molecular weight is 270 g/mol. The predicted molar refractivity (Wildman–Crippen MR) is 79.2 cm³/mol. The molecule has 2 aromatic rings. The number of hydrogen-bond acceptors (Lipinski definition) is 4. The quantitative estimate of drug-likeness (QED) is 0.585. The minimum Gasteiger partial charge on any atom is -0.350 e. The number of fused-ring (bicyclic) bond motifs is 1. The van der Waals surface area contributed by atoms with Crippen LogP contribution in [-0.4, -0.2) is 17.4 Å². The second-order valence-corrected chi connectivity index (χ2v) is 5.40. The molecule has 2 unspecified atom stereocenters. The van der Waals surface area contributed by atoms with Crippen molar-refractivity contribution in [2.75, 3.05) is 12.0 Å². The number of carbonyl (C=O) groups excluding carboxylic acids is 1. The number of carbonyl (C=O) groups is 1. The molecule has 0 radical (unpaired) electrons. The summed E-state index contributed by atoms with van der Waals surface area (Å²) in [5.41, 5.74) is 2.95. The fraction of sp³-hybridized carbons (Fsp3) is 0.333. The van der Waals surface area contributed by atoms with E-state index in [0.29, 0.717) is 17.4 Å². The van der Waals surface area contributed by atoms with Gasteiger partial charge in [-0.05, 0) is 29.7 Å². The molecule has 4 N–H and O–H groups in total. The van der Waals surface area contributed by atoms with Gasteiger partial charge in [-0.2, -0.15) is 0 Å². The van der Waals surface area contributed by atoms with Crippen LogP contribution in [0, 0.1) is 11.8 Å². The summed E-state index contributed by atoms with van der Waals surface area (Å²) in [6.45, 7) is 2.92. The lowest BCUT2D eigenvalue weighted by Gasteiger charge is -2.09. The number of hydrazine groups is 1. The van der Waals surface area contributed by atoms with E-state index in [2.05, 4.69) is 22.7 Å². The zero-order chi connectivity index (χ0) is 14.1. The Morgan fingerprint density at radius 2 is 2.20 bits per heavy atom. The lowest BCUT2D eigenvalue weighted by molar-refractivity contribution is 0.0946. The summed E-state index contributed by atoms with van der Waals surface area (Å²) in [4.78, 5) is 16.4. The maximum atomic E-state index is 12.2. The van der Waals surface area contributed by atoms with Crippen LogP contribution in [-0.2, 0) is 0 Å². The molecule has 0 spiro atoms. The molecule has 104 valence electrons. The van der Waals surface area contributed by atoms with Crippen molar-refractivity contribution in [1.82, 2.24) is 10.3 Å². The Kier molecular flexibility index (Phi) is 3.28. The molecule has 5 heteroatoms. The molecular weight excluding hydrogens is 252 g/mol. The van der Waals surface area contributed by atoms with Gasteiger partial charge in [0.2, 0.25) is 0 Å². The smallest absolute Gasteiger partial charge is 0.270 e. The molecule has 3 rings (SSSR count). The first-order chi connectivity index (χ1) is 9.69. The van der Waals surface area contributed by atoms with Gasteiger partial charge in [-0.3, -0.25) is 4.79 Å². The molecule has 0 bridgehead atoms. The van der Waals surface area contributed by atoms with Crippen molar-refractivity contribution in [3.63, 3.8) is 0 Å². The first kappa shape index (κ1) is 12.9. The number of nitrogen functional groups attached to an aromatic ring is 1. The predicted octanol–water partition coefficient (Wildman–Crippen LogP) is 1.91. The average Bonchev–Trinajstić information content (AvgIpc) is 3.19. The molecule has 1 heterocycles. The molecule has 0 saturated heterocycles. The molecule has 1 aromatic carbocycles. The lowest BCUT2D eigenvalue weighted by Crippen LogP contribution is -2.27. The van der Waals surface area contributed by atoms with Gasteiger partial charge in [0, 0.05) is 11.9 Å². The standard InChI is InChI=1S/C15H18N4O/c1-9-6-11(9)8-17-15(20)13-7-10-4-2-3-5-12(10)14(18-13)19-16/h2-5,7,9,11H,6,8,16H2,1H3,(H,17,20)(H,18,19). The minimum absolute atomic E-state index is 0.147. The molecule has 1 aromatic heterocycles. The maximum absolute atomic E-state index is 12.2. The third-order valence-corrected chi connectivity index (χ3v) is 3.91. The number of nitrogens with zero attached hydrogens (tertiary/aromatic N) is 1. The van der Waals surface area contributed by atoms with Crippen molar-refractivity contribution < 1.29 is 4.79 Å². The van der Waals surface area contributed by atoms with E-state index in [1.54, 1.807) is 6.07 Å². The molecule has 1 fully saturated rings. The summed E-state index contributed by atoms with van der Waals surface area (Å²) in [5, 5.41) is 4.79. The molecule has 20 heavy (non-hydrogen) atoms. The first-order valence-corrected chi connectivity index (χ1v) is 6.83. The van der Waals surface area contributed by atoms with Crippen LogP contribution in [0.15, 0.2) is 30.3 Å². The fourth-order valence-corrected chi connectivity index (χ4v) is 2.42. The molecule has 1 amide bonds. The molecule has 1 aliphatic carbocycles. The van der Waals surface area contributed by atoms with Crippen LogP contribution < -0.4 is 16.6 Å². The van der Waals surface area contributed by atoms with Gasteiger partial charge < -0.3 is 10.7 Å². The summed E-state index contributed by atoms with van der Waals surface area (Å²) in [6.07, 6.45) is 1.20. The van der Waals surface area contributed by atoms with Crippen molar-refractivity contribution in [2.45, 2.75) is 13.3 Å². The van der Waals surface area contributed by atoms with E-state index in [9.17, 15) is 4.79 Å². The first-order valence-electron chi connectivity index (χ1n) is 6.83. The number of rotatable bonds is 4. The Labute approximate surface area is 117 Å². The highest BCUT2D eigenvalue weighted by molar-refractivity contribution is 6.00. The fourth-order valence-electron chi connectivity index (χ4n) is 2.42. The number of aromatic nitrogens is 1. The van der Waals surface area contributed by atoms with Gasteiger partial charge in [0.25, 0.3) is 5.91 Å². The Hall–Kier alpha value is -2.14. The largest absolute Gasteiger partial charge is 0.350 e. The van der Waals surface area contributed by atoms with Crippen molar-refractivity contribution in [2.24, 2.45) is 17.7 Å². The highest BCUT2D eigenvalue weighted by Crippen LogP contribution is 2.36. The van der Waals surface area contributed by atoms with E-state index in [1.807, 2.05) is 24.3 Å². The monoisotopic (exact) mass is 270 g/mol. The SMILES string of the molecule is CC1CC1CNC(=O)c1cc2ccccc2c(NN)n1. The molecule has 0 aliphatic heterocycles. The van der Waals surface area contributed by atoms with Crippen LogP contribution in [0.3, 0.4) is 0 Å². The van der Waals surface area contributed by atoms with E-state index in [1.165, 1.54) is 6.42 Å². The van der Waals surface area contributed by atoms with Gasteiger partial charge >= 0.3 is 0 Å². The Balaban J connectivity index is 1.85. The Bertz CT molecular complexity index is 655. The third-order valence-electron chi connectivity index (χ3n) is 3.91. The molecule has 5 nitrogen and oxygen atoms in total. The van der Waals surface area contributed by atoms with Gasteiger partial charge in [-0.25, -0.2) is 10.8 Å². The highest BCUT2D eigenvalue weighted by Gasteiger charge is 2.32. The van der Waals surface area contributed by atoms with Gasteiger partial charge in [0.05, 0.1) is 0 Å². The number of anilines is 1. The number of nitrogens with one attached hydrogen (secondary N) is 2. The van der Waals surface area contributed by atoms with E-state index in [4.69, 9.17) is 5.84 Å².